The number of carbonyl (C=O) groups excluding carboxylic acids is 1. The number of benzene rings is 2. The molecule has 2 nitrogen and oxygen atoms in total. The van der Waals surface area contributed by atoms with Crippen LogP contribution in [0.25, 0.3) is 10.8 Å². The van der Waals surface area contributed by atoms with E-state index in [0.29, 0.717) is 0 Å². The molecule has 0 heterocycles. The average molecular weight is 241 g/mol. The van der Waals surface area contributed by atoms with Crippen molar-refractivity contribution in [3.8, 4) is 0 Å². The Hall–Kier alpha value is -1.83. The molecule has 94 valence electrons. The van der Waals surface area contributed by atoms with E-state index in [1.54, 1.807) is 6.92 Å². The van der Waals surface area contributed by atoms with E-state index < -0.39 is 0 Å². The molecule has 0 atom stereocenters. The molecule has 18 heavy (non-hydrogen) atoms. The summed E-state index contributed by atoms with van der Waals surface area (Å²) in [6.07, 6.45) is 0.831. The van der Waals surface area contributed by atoms with Crippen molar-refractivity contribution in [2.45, 2.75) is 32.7 Å². The molecule has 0 saturated carbocycles. The Bertz CT molecular complexity index is 572. The number of fused-ring (bicyclic) bond motifs is 1. The minimum absolute atomic E-state index is 0.0146. The second-order valence-corrected chi connectivity index (χ2v) is 5.42. The molecule has 0 radical (unpaired) electrons. The highest BCUT2D eigenvalue weighted by molar-refractivity contribution is 5.83. The molecule has 2 rings (SSSR count). The predicted molar refractivity (Wildman–Crippen MR) is 75.5 cm³/mol. The fraction of sp³-hybridized carbons (Fsp3) is 0.312. The smallest absolute Gasteiger partial charge is 0.217 e. The number of amides is 1. The number of rotatable bonds is 3. The van der Waals surface area contributed by atoms with E-state index in [1.807, 2.05) is 26.0 Å². The van der Waals surface area contributed by atoms with Crippen LogP contribution in [0.2, 0.25) is 0 Å². The van der Waals surface area contributed by atoms with E-state index in [0.717, 1.165) is 6.42 Å². The summed E-state index contributed by atoms with van der Waals surface area (Å²) in [5.41, 5.74) is 1.03. The summed E-state index contributed by atoms with van der Waals surface area (Å²) in [7, 11) is 0. The van der Waals surface area contributed by atoms with Crippen LogP contribution in [0.5, 0.6) is 0 Å². The van der Waals surface area contributed by atoms with Crippen LogP contribution in [0.15, 0.2) is 42.5 Å². The molecule has 2 aromatic carbocycles. The molecule has 0 spiro atoms. The number of nitrogens with one attached hydrogen (secondary N) is 1. The zero-order valence-corrected chi connectivity index (χ0v) is 11.2. The van der Waals surface area contributed by atoms with Gasteiger partial charge in [0.1, 0.15) is 0 Å². The third-order valence-corrected chi connectivity index (χ3v) is 2.97. The summed E-state index contributed by atoms with van der Waals surface area (Å²) < 4.78 is 0. The van der Waals surface area contributed by atoms with Gasteiger partial charge < -0.3 is 5.32 Å². The second kappa shape index (κ2) is 4.81. The Balaban J connectivity index is 2.24. The first kappa shape index (κ1) is 12.6. The summed E-state index contributed by atoms with van der Waals surface area (Å²) in [5.74, 6) is 0.0146. The lowest BCUT2D eigenvalue weighted by Crippen LogP contribution is -2.43. The van der Waals surface area contributed by atoms with Crippen LogP contribution < -0.4 is 5.32 Å². The van der Waals surface area contributed by atoms with Gasteiger partial charge >= 0.3 is 0 Å². The van der Waals surface area contributed by atoms with Crippen molar-refractivity contribution in [1.82, 2.24) is 5.32 Å². The zero-order chi connectivity index (χ0) is 13.2. The van der Waals surface area contributed by atoms with Gasteiger partial charge in [0.05, 0.1) is 0 Å². The normalized spacial score (nSPS) is 11.5. The minimum Gasteiger partial charge on any atom is -0.351 e. The van der Waals surface area contributed by atoms with Gasteiger partial charge in [-0.15, -0.1) is 0 Å². The summed E-state index contributed by atoms with van der Waals surface area (Å²) >= 11 is 0. The zero-order valence-electron chi connectivity index (χ0n) is 11.2. The van der Waals surface area contributed by atoms with Gasteiger partial charge in [0.15, 0.2) is 0 Å². The van der Waals surface area contributed by atoms with Crippen molar-refractivity contribution >= 4 is 16.7 Å². The monoisotopic (exact) mass is 241 g/mol. The lowest BCUT2D eigenvalue weighted by molar-refractivity contribution is -0.120. The van der Waals surface area contributed by atoms with Crippen molar-refractivity contribution < 1.29 is 4.79 Å². The Morgan fingerprint density at radius 3 is 2.44 bits per heavy atom. The third kappa shape index (κ3) is 3.10. The lowest BCUT2D eigenvalue weighted by Gasteiger charge is -2.25. The quantitative estimate of drug-likeness (QED) is 0.877. The van der Waals surface area contributed by atoms with Crippen molar-refractivity contribution in [2.75, 3.05) is 0 Å². The number of carbonyl (C=O) groups is 1. The summed E-state index contributed by atoms with van der Waals surface area (Å²) in [4.78, 5) is 11.2. The predicted octanol–water partition coefficient (Wildman–Crippen LogP) is 3.30. The molecule has 0 aromatic heterocycles. The Morgan fingerprint density at radius 2 is 1.78 bits per heavy atom. The van der Waals surface area contributed by atoms with E-state index >= 15 is 0 Å². The van der Waals surface area contributed by atoms with E-state index in [2.05, 4.69) is 35.6 Å². The summed E-state index contributed by atoms with van der Waals surface area (Å²) in [6, 6.07) is 14.8. The fourth-order valence-electron chi connectivity index (χ4n) is 2.38. The van der Waals surface area contributed by atoms with Gasteiger partial charge in [-0.05, 0) is 36.6 Å². The van der Waals surface area contributed by atoms with Gasteiger partial charge in [0.25, 0.3) is 0 Å². The molecule has 0 fully saturated rings. The first-order valence-electron chi connectivity index (χ1n) is 6.23. The van der Waals surface area contributed by atoms with Crippen molar-refractivity contribution in [3.05, 3.63) is 48.0 Å². The van der Waals surface area contributed by atoms with Crippen LogP contribution in [0.4, 0.5) is 0 Å². The molecule has 0 bridgehead atoms. The standard InChI is InChI=1S/C16H19NO/c1-12(18)17-16(2,3)11-13-8-9-14-6-4-5-7-15(14)10-13/h4-10H,11H2,1-3H3,(H,17,18). The molecule has 0 saturated heterocycles. The Labute approximate surface area is 108 Å². The largest absolute Gasteiger partial charge is 0.351 e. The molecule has 0 aliphatic carbocycles. The highest BCUT2D eigenvalue weighted by Gasteiger charge is 2.19. The highest BCUT2D eigenvalue weighted by atomic mass is 16.1. The second-order valence-electron chi connectivity index (χ2n) is 5.42. The molecule has 0 unspecified atom stereocenters. The van der Waals surface area contributed by atoms with Gasteiger partial charge in [-0.2, -0.15) is 0 Å². The highest BCUT2D eigenvalue weighted by Crippen LogP contribution is 2.19. The van der Waals surface area contributed by atoms with Gasteiger partial charge in [0, 0.05) is 12.5 Å². The average Bonchev–Trinajstić information content (AvgIpc) is 2.26. The molecule has 2 aromatic rings. The van der Waals surface area contributed by atoms with Gasteiger partial charge in [-0.3, -0.25) is 4.79 Å². The van der Waals surface area contributed by atoms with Crippen LogP contribution in [-0.2, 0) is 11.2 Å². The maximum absolute atomic E-state index is 11.2. The van der Waals surface area contributed by atoms with Crippen LogP contribution in [0.1, 0.15) is 26.3 Å². The minimum atomic E-state index is -0.214. The van der Waals surface area contributed by atoms with Crippen molar-refractivity contribution in [1.29, 1.82) is 0 Å². The molecular formula is C16H19NO. The lowest BCUT2D eigenvalue weighted by atomic mass is 9.93. The van der Waals surface area contributed by atoms with E-state index in [1.165, 1.54) is 16.3 Å². The summed E-state index contributed by atoms with van der Waals surface area (Å²) in [6.45, 7) is 5.65. The van der Waals surface area contributed by atoms with E-state index in [-0.39, 0.29) is 11.4 Å². The van der Waals surface area contributed by atoms with Crippen LogP contribution in [-0.4, -0.2) is 11.4 Å². The van der Waals surface area contributed by atoms with E-state index in [4.69, 9.17) is 0 Å². The molecule has 1 N–H and O–H groups in total. The Kier molecular flexibility index (Phi) is 3.37. The van der Waals surface area contributed by atoms with Crippen molar-refractivity contribution in [2.24, 2.45) is 0 Å². The van der Waals surface area contributed by atoms with Crippen LogP contribution in [0, 0.1) is 0 Å². The van der Waals surface area contributed by atoms with Gasteiger partial charge in [-0.25, -0.2) is 0 Å². The molecule has 2 heteroatoms. The summed E-state index contributed by atoms with van der Waals surface area (Å²) in [5, 5.41) is 5.47. The van der Waals surface area contributed by atoms with Crippen LogP contribution in [0.3, 0.4) is 0 Å². The molecule has 1 amide bonds. The van der Waals surface area contributed by atoms with Gasteiger partial charge in [0.2, 0.25) is 5.91 Å². The maximum atomic E-state index is 11.2. The molecule has 0 aliphatic heterocycles. The fourth-order valence-corrected chi connectivity index (χ4v) is 2.38. The maximum Gasteiger partial charge on any atom is 0.217 e. The topological polar surface area (TPSA) is 29.1 Å². The van der Waals surface area contributed by atoms with Crippen LogP contribution >= 0.6 is 0 Å². The SMILES string of the molecule is CC(=O)NC(C)(C)Cc1ccc2ccccc2c1. The number of hydrogen-bond donors (Lipinski definition) is 1. The number of hydrogen-bond acceptors (Lipinski definition) is 1. The first-order chi connectivity index (χ1) is 8.46. The Morgan fingerprint density at radius 1 is 1.11 bits per heavy atom. The molecular weight excluding hydrogens is 222 g/mol. The van der Waals surface area contributed by atoms with Gasteiger partial charge in [-0.1, -0.05) is 42.5 Å². The first-order valence-corrected chi connectivity index (χ1v) is 6.23. The van der Waals surface area contributed by atoms with E-state index in [9.17, 15) is 4.79 Å². The van der Waals surface area contributed by atoms with Crippen molar-refractivity contribution in [3.63, 3.8) is 0 Å². The third-order valence-electron chi connectivity index (χ3n) is 2.97. The molecule has 0 aliphatic rings.